The summed E-state index contributed by atoms with van der Waals surface area (Å²) in [5.41, 5.74) is 5.11. The van der Waals surface area contributed by atoms with Gasteiger partial charge in [-0.2, -0.15) is 5.48 Å². The van der Waals surface area contributed by atoms with Crippen molar-refractivity contribution in [1.82, 2.24) is 5.48 Å². The van der Waals surface area contributed by atoms with Gasteiger partial charge in [0.05, 0.1) is 5.60 Å². The van der Waals surface area contributed by atoms with Gasteiger partial charge in [-0.15, -0.1) is 11.6 Å². The molecule has 0 aromatic heterocycles. The van der Waals surface area contributed by atoms with Crippen LogP contribution in [0, 0.1) is 0 Å². The zero-order chi connectivity index (χ0) is 11.3. The predicted molar refractivity (Wildman–Crippen MR) is 63.7 cm³/mol. The van der Waals surface area contributed by atoms with E-state index in [4.69, 9.17) is 16.4 Å². The molecule has 0 atom stereocenters. The molecule has 0 fully saturated rings. The topological polar surface area (TPSA) is 21.3 Å². The molecule has 2 nitrogen and oxygen atoms in total. The van der Waals surface area contributed by atoms with E-state index < -0.39 is 0 Å². The number of halogens is 1. The molecule has 0 bridgehead atoms. The molecule has 0 radical (unpaired) electrons. The van der Waals surface area contributed by atoms with Gasteiger partial charge in [0.15, 0.2) is 0 Å². The van der Waals surface area contributed by atoms with E-state index in [-0.39, 0.29) is 5.60 Å². The van der Waals surface area contributed by atoms with Crippen LogP contribution in [0.1, 0.15) is 31.9 Å². The minimum Gasteiger partial charge on any atom is -0.296 e. The lowest BCUT2D eigenvalue weighted by Crippen LogP contribution is -2.28. The Kier molecular flexibility index (Phi) is 4.58. The van der Waals surface area contributed by atoms with Gasteiger partial charge in [-0.1, -0.05) is 24.3 Å². The number of hydrogen-bond donors (Lipinski definition) is 1. The molecular formula is C12H18ClNO. The lowest BCUT2D eigenvalue weighted by Gasteiger charge is -2.19. The Balaban J connectivity index is 2.38. The summed E-state index contributed by atoms with van der Waals surface area (Å²) in [6, 6.07) is 8.16. The maximum absolute atomic E-state index is 5.70. The van der Waals surface area contributed by atoms with Crippen molar-refractivity contribution in [2.45, 2.75) is 38.8 Å². The first-order valence-corrected chi connectivity index (χ1v) is 5.59. The summed E-state index contributed by atoms with van der Waals surface area (Å²) >= 11 is 5.70. The van der Waals surface area contributed by atoms with Gasteiger partial charge in [-0.3, -0.25) is 4.84 Å². The molecule has 0 saturated carbocycles. The second-order valence-electron chi connectivity index (χ2n) is 4.49. The maximum atomic E-state index is 5.70. The Morgan fingerprint density at radius 3 is 2.13 bits per heavy atom. The van der Waals surface area contributed by atoms with E-state index in [1.807, 2.05) is 32.9 Å². The molecule has 0 spiro atoms. The summed E-state index contributed by atoms with van der Waals surface area (Å²) in [7, 11) is 0. The van der Waals surface area contributed by atoms with Crippen LogP contribution in [0.4, 0.5) is 0 Å². The normalized spacial score (nSPS) is 11.7. The monoisotopic (exact) mass is 227 g/mol. The molecule has 0 unspecified atom stereocenters. The summed E-state index contributed by atoms with van der Waals surface area (Å²) in [4.78, 5) is 5.41. The van der Waals surface area contributed by atoms with Crippen LogP contribution in [0.5, 0.6) is 0 Å². The number of hydroxylamine groups is 1. The van der Waals surface area contributed by atoms with Crippen molar-refractivity contribution in [3.05, 3.63) is 35.4 Å². The van der Waals surface area contributed by atoms with Crippen LogP contribution in [0.25, 0.3) is 0 Å². The van der Waals surface area contributed by atoms with Crippen molar-refractivity contribution in [3.63, 3.8) is 0 Å². The first kappa shape index (κ1) is 12.5. The molecule has 0 amide bonds. The molecule has 1 aromatic carbocycles. The summed E-state index contributed by atoms with van der Waals surface area (Å²) in [6.07, 6.45) is 0. The third kappa shape index (κ3) is 5.17. The SMILES string of the molecule is CC(C)(C)ONCc1ccc(CCl)cc1. The highest BCUT2D eigenvalue weighted by atomic mass is 35.5. The van der Waals surface area contributed by atoms with Gasteiger partial charge in [-0.25, -0.2) is 0 Å². The Bertz CT molecular complexity index is 289. The van der Waals surface area contributed by atoms with E-state index in [1.54, 1.807) is 0 Å². The fourth-order valence-electron chi connectivity index (χ4n) is 1.08. The Hall–Kier alpha value is -0.570. The minimum absolute atomic E-state index is 0.157. The highest BCUT2D eigenvalue weighted by molar-refractivity contribution is 6.17. The van der Waals surface area contributed by atoms with Gasteiger partial charge in [0.1, 0.15) is 0 Å². The third-order valence-corrected chi connectivity index (χ3v) is 2.14. The number of nitrogens with one attached hydrogen (secondary N) is 1. The van der Waals surface area contributed by atoms with Crippen molar-refractivity contribution >= 4 is 11.6 Å². The van der Waals surface area contributed by atoms with Crippen LogP contribution in [0.3, 0.4) is 0 Å². The lowest BCUT2D eigenvalue weighted by molar-refractivity contribution is -0.0757. The molecule has 3 heteroatoms. The Labute approximate surface area is 96.5 Å². The Morgan fingerprint density at radius 2 is 1.67 bits per heavy atom. The van der Waals surface area contributed by atoms with Gasteiger partial charge in [0, 0.05) is 12.4 Å². The zero-order valence-corrected chi connectivity index (χ0v) is 10.3. The molecule has 0 heterocycles. The smallest absolute Gasteiger partial charge is 0.0813 e. The van der Waals surface area contributed by atoms with Crippen LogP contribution in [0.15, 0.2) is 24.3 Å². The first-order valence-electron chi connectivity index (χ1n) is 5.06. The third-order valence-electron chi connectivity index (χ3n) is 1.83. The predicted octanol–water partition coefficient (Wildman–Crippen LogP) is 3.25. The molecule has 0 saturated heterocycles. The number of rotatable bonds is 4. The summed E-state index contributed by atoms with van der Waals surface area (Å²) < 4.78 is 0. The van der Waals surface area contributed by atoms with Gasteiger partial charge >= 0.3 is 0 Å². The summed E-state index contributed by atoms with van der Waals surface area (Å²) in [5, 5.41) is 0. The molecule has 1 rings (SSSR count). The van der Waals surface area contributed by atoms with Crippen LogP contribution in [-0.4, -0.2) is 5.60 Å². The first-order chi connectivity index (χ1) is 7.01. The van der Waals surface area contributed by atoms with E-state index in [1.165, 1.54) is 5.56 Å². The van der Waals surface area contributed by atoms with E-state index >= 15 is 0 Å². The number of alkyl halides is 1. The van der Waals surface area contributed by atoms with E-state index in [0.29, 0.717) is 12.4 Å². The van der Waals surface area contributed by atoms with Crippen molar-refractivity contribution in [2.75, 3.05) is 0 Å². The van der Waals surface area contributed by atoms with Crippen molar-refractivity contribution < 1.29 is 4.84 Å². The second-order valence-corrected chi connectivity index (χ2v) is 4.75. The van der Waals surface area contributed by atoms with Gasteiger partial charge in [0.2, 0.25) is 0 Å². The van der Waals surface area contributed by atoms with E-state index in [2.05, 4.69) is 17.6 Å². The van der Waals surface area contributed by atoms with Gasteiger partial charge in [-0.05, 0) is 31.9 Å². The van der Waals surface area contributed by atoms with E-state index in [9.17, 15) is 0 Å². The second kappa shape index (κ2) is 5.50. The Morgan fingerprint density at radius 1 is 1.13 bits per heavy atom. The van der Waals surface area contributed by atoms with Crippen LogP contribution >= 0.6 is 11.6 Å². The van der Waals surface area contributed by atoms with Crippen LogP contribution in [0.2, 0.25) is 0 Å². The number of hydrogen-bond acceptors (Lipinski definition) is 2. The maximum Gasteiger partial charge on any atom is 0.0813 e. The molecule has 0 aliphatic carbocycles. The molecule has 0 aliphatic heterocycles. The molecule has 15 heavy (non-hydrogen) atoms. The van der Waals surface area contributed by atoms with Gasteiger partial charge in [0.25, 0.3) is 0 Å². The lowest BCUT2D eigenvalue weighted by atomic mass is 10.1. The zero-order valence-electron chi connectivity index (χ0n) is 9.51. The van der Waals surface area contributed by atoms with Crippen molar-refractivity contribution in [1.29, 1.82) is 0 Å². The number of benzene rings is 1. The molecule has 1 N–H and O–H groups in total. The van der Waals surface area contributed by atoms with E-state index in [0.717, 1.165) is 5.56 Å². The fraction of sp³-hybridized carbons (Fsp3) is 0.500. The summed E-state index contributed by atoms with van der Waals surface area (Å²) in [5.74, 6) is 0.562. The summed E-state index contributed by atoms with van der Waals surface area (Å²) in [6.45, 7) is 6.74. The molecule has 0 aliphatic rings. The molecule has 84 valence electrons. The average Bonchev–Trinajstić information content (AvgIpc) is 2.17. The van der Waals surface area contributed by atoms with Gasteiger partial charge < -0.3 is 0 Å². The molecule has 1 aromatic rings. The highest BCUT2D eigenvalue weighted by Crippen LogP contribution is 2.08. The van der Waals surface area contributed by atoms with Crippen molar-refractivity contribution in [2.24, 2.45) is 0 Å². The highest BCUT2D eigenvalue weighted by Gasteiger charge is 2.09. The fourth-order valence-corrected chi connectivity index (χ4v) is 1.26. The van der Waals surface area contributed by atoms with Crippen molar-refractivity contribution in [3.8, 4) is 0 Å². The largest absolute Gasteiger partial charge is 0.296 e. The van der Waals surface area contributed by atoms with Crippen LogP contribution < -0.4 is 5.48 Å². The minimum atomic E-state index is -0.157. The average molecular weight is 228 g/mol. The van der Waals surface area contributed by atoms with Crippen LogP contribution in [-0.2, 0) is 17.3 Å². The molecular weight excluding hydrogens is 210 g/mol. The standard InChI is InChI=1S/C12H18ClNO/c1-12(2,3)15-14-9-11-6-4-10(8-13)5-7-11/h4-7,14H,8-9H2,1-3H3. The quantitative estimate of drug-likeness (QED) is 0.630.